The summed E-state index contributed by atoms with van der Waals surface area (Å²) >= 11 is 1.36. The number of anilines is 2. The zero-order valence-corrected chi connectivity index (χ0v) is 20.7. The van der Waals surface area contributed by atoms with Crippen LogP contribution in [0.4, 0.5) is 15.9 Å². The van der Waals surface area contributed by atoms with Crippen molar-refractivity contribution in [1.29, 1.82) is 0 Å². The molecule has 3 aromatic heterocycles. The van der Waals surface area contributed by atoms with Crippen molar-refractivity contribution in [2.75, 3.05) is 22.3 Å². The molecule has 35 heavy (non-hydrogen) atoms. The van der Waals surface area contributed by atoms with Gasteiger partial charge in [-0.3, -0.25) is 15.0 Å². The van der Waals surface area contributed by atoms with Gasteiger partial charge in [-0.05, 0) is 43.2 Å². The number of nitrogens with one attached hydrogen (secondary N) is 3. The van der Waals surface area contributed by atoms with Crippen molar-refractivity contribution < 1.29 is 13.2 Å². The minimum Gasteiger partial charge on any atom is -0.338 e. The summed E-state index contributed by atoms with van der Waals surface area (Å²) < 4.78 is 27.1. The Morgan fingerprint density at radius 2 is 1.89 bits per heavy atom. The molecule has 0 spiro atoms. The number of nitrogens with zero attached hydrogens (tertiary/aromatic N) is 4. The van der Waals surface area contributed by atoms with Gasteiger partial charge >= 0.3 is 6.03 Å². The summed E-state index contributed by atoms with van der Waals surface area (Å²) in [5, 5.41) is 5.91. The first kappa shape index (κ1) is 24.2. The van der Waals surface area contributed by atoms with E-state index in [4.69, 9.17) is 0 Å². The summed E-state index contributed by atoms with van der Waals surface area (Å²) in [5.41, 5.74) is 4.74. The van der Waals surface area contributed by atoms with Gasteiger partial charge in [-0.25, -0.2) is 28.2 Å². The van der Waals surface area contributed by atoms with Crippen LogP contribution >= 0.6 is 11.3 Å². The van der Waals surface area contributed by atoms with Crippen LogP contribution in [-0.4, -0.2) is 46.7 Å². The van der Waals surface area contributed by atoms with Crippen molar-refractivity contribution in [3.05, 3.63) is 61.1 Å². The lowest BCUT2D eigenvalue weighted by Crippen LogP contribution is -2.28. The molecule has 0 unspecified atom stereocenters. The lowest BCUT2D eigenvalue weighted by atomic mass is 10.0. The number of hydrogen-bond acceptors (Lipinski definition) is 8. The van der Waals surface area contributed by atoms with E-state index in [0.717, 1.165) is 27.1 Å². The number of sulfonamides is 1. The quantitative estimate of drug-likeness (QED) is 0.303. The van der Waals surface area contributed by atoms with Crippen LogP contribution in [0.3, 0.4) is 0 Å². The monoisotopic (exact) mass is 509 g/mol. The fraction of sp³-hybridized carbons (Fsp3) is 0.174. The Morgan fingerprint density at radius 3 is 2.54 bits per heavy atom. The molecule has 180 valence electrons. The van der Waals surface area contributed by atoms with Gasteiger partial charge in [-0.1, -0.05) is 23.5 Å². The molecule has 3 heterocycles. The Morgan fingerprint density at radius 1 is 1.11 bits per heavy atom. The average Bonchev–Trinajstić information content (AvgIpc) is 3.21. The van der Waals surface area contributed by atoms with Gasteiger partial charge in [0, 0.05) is 36.3 Å². The zero-order chi connectivity index (χ0) is 25.0. The lowest BCUT2D eigenvalue weighted by Gasteiger charge is -2.08. The van der Waals surface area contributed by atoms with Crippen molar-refractivity contribution in [3.8, 4) is 22.4 Å². The third kappa shape index (κ3) is 5.78. The van der Waals surface area contributed by atoms with E-state index in [1.807, 2.05) is 38.1 Å². The lowest BCUT2D eigenvalue weighted by molar-refractivity contribution is 0.252. The molecule has 3 N–H and O–H groups in total. The highest BCUT2D eigenvalue weighted by Crippen LogP contribution is 2.38. The summed E-state index contributed by atoms with van der Waals surface area (Å²) in [6.07, 6.45) is 6.14. The molecule has 0 atom stereocenters. The number of hydrogen-bond donors (Lipinski definition) is 3. The van der Waals surface area contributed by atoms with Crippen LogP contribution in [0.1, 0.15) is 12.5 Å². The number of carbonyl (C=O) groups is 1. The van der Waals surface area contributed by atoms with Crippen molar-refractivity contribution in [1.82, 2.24) is 25.3 Å². The number of amides is 2. The molecule has 0 aliphatic carbocycles. The maximum atomic E-state index is 12.0. The van der Waals surface area contributed by atoms with Crippen molar-refractivity contribution in [3.63, 3.8) is 0 Å². The third-order valence-corrected chi connectivity index (χ3v) is 6.99. The van der Waals surface area contributed by atoms with Crippen LogP contribution in [0.15, 0.2) is 55.5 Å². The molecule has 0 saturated heterocycles. The predicted octanol–water partition coefficient (Wildman–Crippen LogP) is 4.19. The SMILES string of the molecule is C=CCS(=O)(=O)Nc1ncc(-c2cc(-c3ccc(C)cn3)c3sc(NC(=O)NCC)nc3c2)cn1. The molecule has 1 aromatic carbocycles. The largest absolute Gasteiger partial charge is 0.338 e. The molecule has 12 heteroatoms. The first-order chi connectivity index (χ1) is 16.8. The van der Waals surface area contributed by atoms with E-state index in [1.54, 1.807) is 6.20 Å². The Labute approximate surface area is 206 Å². The number of carbonyl (C=O) groups excluding carboxylic acids is 1. The van der Waals surface area contributed by atoms with Gasteiger partial charge in [0.25, 0.3) is 0 Å². The Balaban J connectivity index is 1.75. The number of pyridine rings is 1. The van der Waals surface area contributed by atoms with Crippen LogP contribution < -0.4 is 15.4 Å². The highest BCUT2D eigenvalue weighted by Gasteiger charge is 2.16. The number of thiazole rings is 1. The first-order valence-corrected chi connectivity index (χ1v) is 13.1. The maximum absolute atomic E-state index is 12.0. The normalized spacial score (nSPS) is 11.3. The number of urea groups is 1. The number of aryl methyl sites for hydroxylation is 1. The highest BCUT2D eigenvalue weighted by molar-refractivity contribution is 7.92. The highest BCUT2D eigenvalue weighted by atomic mass is 32.2. The topological polar surface area (TPSA) is 139 Å². The zero-order valence-electron chi connectivity index (χ0n) is 19.1. The van der Waals surface area contributed by atoms with Crippen LogP contribution in [0.25, 0.3) is 32.6 Å². The predicted molar refractivity (Wildman–Crippen MR) is 139 cm³/mol. The second-order valence-corrected chi connectivity index (χ2v) is 10.3. The van der Waals surface area contributed by atoms with E-state index >= 15 is 0 Å². The van der Waals surface area contributed by atoms with Gasteiger partial charge in [-0.2, -0.15) is 0 Å². The molecule has 0 radical (unpaired) electrons. The Bertz CT molecular complexity index is 1480. The van der Waals surface area contributed by atoms with Crippen molar-refractivity contribution >= 4 is 48.7 Å². The van der Waals surface area contributed by atoms with Crippen LogP contribution in [-0.2, 0) is 10.0 Å². The van der Waals surface area contributed by atoms with E-state index in [1.165, 1.54) is 29.8 Å². The van der Waals surface area contributed by atoms with Gasteiger partial charge in [-0.15, -0.1) is 6.58 Å². The molecule has 4 rings (SSSR count). The number of benzene rings is 1. The van der Waals surface area contributed by atoms with E-state index < -0.39 is 10.0 Å². The van der Waals surface area contributed by atoms with Gasteiger partial charge in [0.15, 0.2) is 5.13 Å². The molecule has 2 amide bonds. The molecule has 0 aliphatic heterocycles. The Hall–Kier alpha value is -3.90. The van der Waals surface area contributed by atoms with Gasteiger partial charge in [0.2, 0.25) is 16.0 Å². The van der Waals surface area contributed by atoms with Gasteiger partial charge in [0.05, 0.1) is 21.7 Å². The van der Waals surface area contributed by atoms with E-state index in [2.05, 4.69) is 41.9 Å². The first-order valence-electron chi connectivity index (χ1n) is 10.6. The van der Waals surface area contributed by atoms with Gasteiger partial charge in [0.1, 0.15) is 0 Å². The van der Waals surface area contributed by atoms with Gasteiger partial charge < -0.3 is 5.32 Å². The standard InChI is InChI=1S/C23H23N7O3S2/c1-4-8-35(32,33)30-21-26-12-16(13-27-21)15-9-17(18-7-6-14(3)11-25-18)20-19(10-15)28-23(34-20)29-22(31)24-5-2/h4,6-7,9-13H,1,5,8H2,2-3H3,(H,26,27,30)(H2,24,28,29,31). The summed E-state index contributed by atoms with van der Waals surface area (Å²) in [7, 11) is -3.60. The van der Waals surface area contributed by atoms with E-state index in [9.17, 15) is 13.2 Å². The third-order valence-electron chi connectivity index (χ3n) is 4.80. The second kappa shape index (κ2) is 10.2. The smallest absolute Gasteiger partial charge is 0.321 e. The average molecular weight is 510 g/mol. The minimum absolute atomic E-state index is 0.0285. The molecule has 0 bridgehead atoms. The molecular weight excluding hydrogens is 486 g/mol. The summed E-state index contributed by atoms with van der Waals surface area (Å²) in [6.45, 7) is 7.73. The van der Waals surface area contributed by atoms with E-state index in [-0.39, 0.29) is 17.7 Å². The fourth-order valence-corrected chi connectivity index (χ4v) is 4.98. The van der Waals surface area contributed by atoms with E-state index in [0.29, 0.717) is 22.8 Å². The maximum Gasteiger partial charge on any atom is 0.321 e. The van der Waals surface area contributed by atoms with Crippen LogP contribution in [0.2, 0.25) is 0 Å². The molecule has 0 aliphatic rings. The molecular formula is C23H23N7O3S2. The molecule has 4 aromatic rings. The molecule has 0 fully saturated rings. The summed E-state index contributed by atoms with van der Waals surface area (Å²) in [5.74, 6) is -0.266. The fourth-order valence-electron chi connectivity index (χ4n) is 3.24. The molecule has 10 nitrogen and oxygen atoms in total. The Kier molecular flexibility index (Phi) is 7.03. The second-order valence-electron chi connectivity index (χ2n) is 7.56. The minimum atomic E-state index is -3.60. The molecule has 0 saturated carbocycles. The number of rotatable bonds is 8. The van der Waals surface area contributed by atoms with Crippen molar-refractivity contribution in [2.24, 2.45) is 0 Å². The van der Waals surface area contributed by atoms with Crippen LogP contribution in [0.5, 0.6) is 0 Å². The number of fused-ring (bicyclic) bond motifs is 1. The van der Waals surface area contributed by atoms with Crippen molar-refractivity contribution in [2.45, 2.75) is 13.8 Å². The number of aromatic nitrogens is 4. The summed E-state index contributed by atoms with van der Waals surface area (Å²) in [6, 6.07) is 7.40. The summed E-state index contributed by atoms with van der Waals surface area (Å²) in [4.78, 5) is 29.5. The van der Waals surface area contributed by atoms with Crippen LogP contribution in [0, 0.1) is 6.92 Å².